The first-order chi connectivity index (χ1) is 21.2. The van der Waals surface area contributed by atoms with Crippen molar-refractivity contribution in [1.29, 1.82) is 0 Å². The molecule has 3 N–H and O–H groups in total. The van der Waals surface area contributed by atoms with Crippen molar-refractivity contribution in [3.8, 4) is 23.3 Å². The summed E-state index contributed by atoms with van der Waals surface area (Å²) in [5, 5.41) is 6.83. The summed E-state index contributed by atoms with van der Waals surface area (Å²) in [6.07, 6.45) is -2.60. The molecule has 0 bridgehead atoms. The monoisotopic (exact) mass is 645 g/mol. The number of alkyl halides is 3. The number of likely N-dealkylation sites (tertiary alicyclic amines) is 1. The first-order valence-electron chi connectivity index (χ1n) is 13.6. The number of halogens is 6. The van der Waals surface area contributed by atoms with Crippen LogP contribution < -0.4 is 15.8 Å². The van der Waals surface area contributed by atoms with E-state index in [2.05, 4.69) is 22.3 Å². The Hall–Kier alpha value is -4.83. The SMILES string of the molecule is CC(=O)N1CCCCC1C#Cc1cc(NC(=O)c2cc(F)cc(C(F)(F)F)c2)c(Oc2cc(F)ccc2Cl)c2c(N)nn(C)c12. The Morgan fingerprint density at radius 1 is 1.11 bits per heavy atom. The molecule has 234 valence electrons. The largest absolute Gasteiger partial charge is 0.453 e. The van der Waals surface area contributed by atoms with E-state index in [9.17, 15) is 31.5 Å². The molecule has 0 aliphatic carbocycles. The maximum absolute atomic E-state index is 14.2. The predicted molar refractivity (Wildman–Crippen MR) is 158 cm³/mol. The number of hydrogen-bond donors (Lipinski definition) is 2. The van der Waals surface area contributed by atoms with Gasteiger partial charge in [0, 0.05) is 32.1 Å². The number of nitrogens with two attached hydrogens (primary N) is 1. The molecule has 0 spiro atoms. The van der Waals surface area contributed by atoms with Crippen LogP contribution in [0.2, 0.25) is 5.02 Å². The van der Waals surface area contributed by atoms with Crippen molar-refractivity contribution in [3.63, 3.8) is 0 Å². The molecule has 2 amide bonds. The van der Waals surface area contributed by atoms with Crippen LogP contribution in [0.15, 0.2) is 42.5 Å². The average Bonchev–Trinajstić information content (AvgIpc) is 3.27. The quantitative estimate of drug-likeness (QED) is 0.186. The van der Waals surface area contributed by atoms with Crippen LogP contribution in [-0.2, 0) is 18.0 Å². The average molecular weight is 646 g/mol. The number of ether oxygens (including phenoxy) is 1. The van der Waals surface area contributed by atoms with Gasteiger partial charge in [-0.2, -0.15) is 18.3 Å². The zero-order chi connectivity index (χ0) is 32.6. The van der Waals surface area contributed by atoms with Crippen molar-refractivity contribution in [2.45, 2.75) is 38.4 Å². The Labute approximate surface area is 258 Å². The van der Waals surface area contributed by atoms with Crippen LogP contribution in [-0.4, -0.2) is 39.1 Å². The Morgan fingerprint density at radius 2 is 1.87 bits per heavy atom. The Kier molecular flexibility index (Phi) is 8.62. The predicted octanol–water partition coefficient (Wildman–Crippen LogP) is 6.90. The number of aromatic nitrogens is 2. The second-order valence-electron chi connectivity index (χ2n) is 10.4. The Bertz CT molecular complexity index is 1900. The van der Waals surface area contributed by atoms with Crippen LogP contribution in [0, 0.1) is 23.5 Å². The number of carbonyl (C=O) groups excluding carboxylic acids is 2. The molecule has 1 aliphatic rings. The summed E-state index contributed by atoms with van der Waals surface area (Å²) in [6, 6.07) is 5.72. The van der Waals surface area contributed by atoms with E-state index in [4.69, 9.17) is 22.1 Å². The maximum Gasteiger partial charge on any atom is 0.416 e. The molecular weight excluding hydrogens is 621 g/mol. The molecular formula is C31H25ClF5N5O3. The number of amides is 2. The van der Waals surface area contributed by atoms with Gasteiger partial charge in [-0.25, -0.2) is 8.78 Å². The molecule has 1 saturated heterocycles. The molecule has 5 rings (SSSR count). The molecule has 0 saturated carbocycles. The summed E-state index contributed by atoms with van der Waals surface area (Å²) in [4.78, 5) is 27.2. The number of nitrogens with zero attached hydrogens (tertiary/aromatic N) is 3. The summed E-state index contributed by atoms with van der Waals surface area (Å²) >= 11 is 6.25. The third kappa shape index (κ3) is 6.66. The van der Waals surface area contributed by atoms with Crippen LogP contribution >= 0.6 is 11.6 Å². The van der Waals surface area contributed by atoms with Crippen LogP contribution in [0.4, 0.5) is 33.5 Å². The number of benzene rings is 3. The number of anilines is 2. The van der Waals surface area contributed by atoms with Crippen molar-refractivity contribution in [2.24, 2.45) is 7.05 Å². The molecule has 1 unspecified atom stereocenters. The lowest BCUT2D eigenvalue weighted by Crippen LogP contribution is -2.41. The van der Waals surface area contributed by atoms with Crippen LogP contribution in [0.3, 0.4) is 0 Å². The second-order valence-corrected chi connectivity index (χ2v) is 10.8. The molecule has 14 heteroatoms. The van der Waals surface area contributed by atoms with Crippen molar-refractivity contribution in [1.82, 2.24) is 14.7 Å². The molecule has 1 atom stereocenters. The molecule has 8 nitrogen and oxygen atoms in total. The molecule has 45 heavy (non-hydrogen) atoms. The minimum atomic E-state index is -4.92. The molecule has 4 aromatic rings. The van der Waals surface area contributed by atoms with Crippen molar-refractivity contribution in [3.05, 3.63) is 75.8 Å². The van der Waals surface area contributed by atoms with Gasteiger partial charge in [0.1, 0.15) is 17.4 Å². The van der Waals surface area contributed by atoms with Gasteiger partial charge < -0.3 is 20.7 Å². The number of piperidine rings is 1. The van der Waals surface area contributed by atoms with Gasteiger partial charge >= 0.3 is 6.18 Å². The van der Waals surface area contributed by atoms with E-state index in [-0.39, 0.29) is 51.0 Å². The highest BCUT2D eigenvalue weighted by atomic mass is 35.5. The van der Waals surface area contributed by atoms with Crippen LogP contribution in [0.25, 0.3) is 10.9 Å². The molecule has 3 aromatic carbocycles. The van der Waals surface area contributed by atoms with Gasteiger partial charge in [0.15, 0.2) is 11.6 Å². The van der Waals surface area contributed by atoms with E-state index in [0.717, 1.165) is 25.0 Å². The van der Waals surface area contributed by atoms with Crippen molar-refractivity contribution < 1.29 is 36.3 Å². The van der Waals surface area contributed by atoms with E-state index in [1.165, 1.54) is 23.7 Å². The number of hydrogen-bond acceptors (Lipinski definition) is 5. The van der Waals surface area contributed by atoms with E-state index < -0.39 is 40.9 Å². The van der Waals surface area contributed by atoms with E-state index in [0.29, 0.717) is 30.6 Å². The lowest BCUT2D eigenvalue weighted by molar-refractivity contribution is -0.137. The Balaban J connectivity index is 1.69. The third-order valence-corrected chi connectivity index (χ3v) is 7.52. The highest BCUT2D eigenvalue weighted by Gasteiger charge is 2.32. The summed E-state index contributed by atoms with van der Waals surface area (Å²) < 4.78 is 75.9. The standard InChI is InChI=1S/C31H25ClF5N5O3/c1-16(43)42-10-4-3-5-22(42)8-6-17-13-24(39-30(44)18-11-19(31(35,36)37)14-21(34)12-18)28(26-27(17)41(2)40-29(26)38)45-25-15-20(33)7-9-23(25)32/h7,9,11-15,22H,3-5,10H2,1-2H3,(H2,38,40)(H,39,44). The number of fused-ring (bicyclic) bond motifs is 1. The maximum atomic E-state index is 14.2. The van der Waals surface area contributed by atoms with Gasteiger partial charge in [0.05, 0.1) is 38.8 Å². The topological polar surface area (TPSA) is 102 Å². The summed E-state index contributed by atoms with van der Waals surface area (Å²) in [5.41, 5.74) is 4.72. The number of aryl methyl sites for hydroxylation is 1. The first kappa shape index (κ1) is 31.6. The van der Waals surface area contributed by atoms with E-state index >= 15 is 0 Å². The zero-order valence-corrected chi connectivity index (χ0v) is 24.6. The van der Waals surface area contributed by atoms with Gasteiger partial charge in [0.2, 0.25) is 5.91 Å². The van der Waals surface area contributed by atoms with Gasteiger partial charge in [-0.05, 0) is 55.7 Å². The van der Waals surface area contributed by atoms with Crippen molar-refractivity contribution >= 4 is 45.8 Å². The second kappa shape index (κ2) is 12.3. The molecule has 2 heterocycles. The number of rotatable bonds is 4. The van der Waals surface area contributed by atoms with Crippen LogP contribution in [0.5, 0.6) is 11.5 Å². The first-order valence-corrected chi connectivity index (χ1v) is 14.0. The van der Waals surface area contributed by atoms with Gasteiger partial charge in [0.25, 0.3) is 5.91 Å². The fraction of sp³-hybridized carbons (Fsp3) is 0.258. The summed E-state index contributed by atoms with van der Waals surface area (Å²) in [7, 11) is 1.58. The number of nitrogens with one attached hydrogen (secondary N) is 1. The lowest BCUT2D eigenvalue weighted by Gasteiger charge is -2.31. The smallest absolute Gasteiger partial charge is 0.416 e. The van der Waals surface area contributed by atoms with Gasteiger partial charge in [-0.15, -0.1) is 0 Å². The summed E-state index contributed by atoms with van der Waals surface area (Å²) in [5.74, 6) is 2.49. The van der Waals surface area contributed by atoms with Crippen molar-refractivity contribution in [2.75, 3.05) is 17.6 Å². The van der Waals surface area contributed by atoms with Gasteiger partial charge in [-0.3, -0.25) is 14.3 Å². The minimum absolute atomic E-state index is 0.00488. The zero-order valence-electron chi connectivity index (χ0n) is 23.9. The molecule has 1 aliphatic heterocycles. The van der Waals surface area contributed by atoms with E-state index in [1.807, 2.05) is 0 Å². The van der Waals surface area contributed by atoms with Crippen LogP contribution in [0.1, 0.15) is 47.7 Å². The normalized spacial score (nSPS) is 15.0. The molecule has 0 radical (unpaired) electrons. The highest BCUT2D eigenvalue weighted by Crippen LogP contribution is 2.43. The Morgan fingerprint density at radius 3 is 2.58 bits per heavy atom. The number of carbonyl (C=O) groups is 2. The molecule has 1 fully saturated rings. The fourth-order valence-corrected chi connectivity index (χ4v) is 5.30. The fourth-order valence-electron chi connectivity index (χ4n) is 5.15. The van der Waals surface area contributed by atoms with Gasteiger partial charge in [-0.1, -0.05) is 23.4 Å². The summed E-state index contributed by atoms with van der Waals surface area (Å²) in [6.45, 7) is 1.99. The number of nitrogen functional groups attached to an aromatic ring is 1. The highest BCUT2D eigenvalue weighted by molar-refractivity contribution is 6.32. The molecule has 1 aromatic heterocycles. The third-order valence-electron chi connectivity index (χ3n) is 7.21. The minimum Gasteiger partial charge on any atom is -0.453 e. The lowest BCUT2D eigenvalue weighted by atomic mass is 10.0. The van der Waals surface area contributed by atoms with E-state index in [1.54, 1.807) is 11.9 Å².